The van der Waals surface area contributed by atoms with Crippen molar-refractivity contribution in [2.45, 2.75) is 31.6 Å². The highest BCUT2D eigenvalue weighted by molar-refractivity contribution is 5.77. The van der Waals surface area contributed by atoms with Crippen molar-refractivity contribution in [3.05, 3.63) is 23.8 Å². The number of likely N-dealkylation sites (tertiary alicyclic amines) is 1. The van der Waals surface area contributed by atoms with Crippen LogP contribution in [0.2, 0.25) is 0 Å². The lowest BCUT2D eigenvalue weighted by molar-refractivity contribution is -0.121. The van der Waals surface area contributed by atoms with E-state index < -0.39 is 6.10 Å². The molecule has 0 spiro atoms. The molecular weight excluding hydrogens is 362 g/mol. The number of β-amino-alcohol motifs (C(OH)–C–C–N with tert-alkyl or cyclic N) is 1. The molecule has 1 atom stereocenters. The second kappa shape index (κ2) is 11.2. The Hall–Kier alpha value is -1.87. The van der Waals surface area contributed by atoms with Crippen LogP contribution in [0.3, 0.4) is 0 Å². The largest absolute Gasteiger partial charge is 0.497 e. The number of carbonyl (C=O) groups is 1. The maximum absolute atomic E-state index is 11.6. The summed E-state index contributed by atoms with van der Waals surface area (Å²) in [6, 6.07) is 5.52. The number of benzene rings is 1. The van der Waals surface area contributed by atoms with Crippen LogP contribution in [0, 0.1) is 0 Å². The van der Waals surface area contributed by atoms with Gasteiger partial charge in [-0.2, -0.15) is 0 Å². The highest BCUT2D eigenvalue weighted by atomic mass is 16.5. The minimum Gasteiger partial charge on any atom is -0.497 e. The summed E-state index contributed by atoms with van der Waals surface area (Å²) in [6.07, 6.45) is 0.647. The lowest BCUT2D eigenvalue weighted by atomic mass is 10.1. The van der Waals surface area contributed by atoms with Crippen LogP contribution < -0.4 is 14.8 Å². The summed E-state index contributed by atoms with van der Waals surface area (Å²) in [5.74, 6) is 1.32. The number of nitrogens with zero attached hydrogens (tertiary/aromatic N) is 2. The molecule has 1 aromatic rings. The summed E-state index contributed by atoms with van der Waals surface area (Å²) in [5.41, 5.74) is 0.888. The molecule has 8 nitrogen and oxygen atoms in total. The van der Waals surface area contributed by atoms with E-state index in [-0.39, 0.29) is 25.2 Å². The molecule has 1 aliphatic rings. The minimum absolute atomic E-state index is 0.0602. The van der Waals surface area contributed by atoms with Crippen LogP contribution in [-0.4, -0.2) is 92.1 Å². The number of methoxy groups -OCH3 is 1. The maximum Gasteiger partial charge on any atom is 0.233 e. The van der Waals surface area contributed by atoms with Gasteiger partial charge in [-0.1, -0.05) is 0 Å². The molecule has 28 heavy (non-hydrogen) atoms. The summed E-state index contributed by atoms with van der Waals surface area (Å²) < 4.78 is 11.2. The molecule has 1 saturated heterocycles. The van der Waals surface area contributed by atoms with E-state index in [0.717, 1.165) is 31.5 Å². The number of piperidine rings is 1. The van der Waals surface area contributed by atoms with E-state index in [1.807, 2.05) is 30.1 Å². The number of rotatable bonds is 10. The van der Waals surface area contributed by atoms with Gasteiger partial charge in [-0.05, 0) is 38.1 Å². The Morgan fingerprint density at radius 1 is 1.39 bits per heavy atom. The molecule has 1 aromatic carbocycles. The highest BCUT2D eigenvalue weighted by Gasteiger charge is 2.20. The van der Waals surface area contributed by atoms with Crippen LogP contribution in [0.1, 0.15) is 18.4 Å². The lowest BCUT2D eigenvalue weighted by Crippen LogP contribution is -2.41. The van der Waals surface area contributed by atoms with Gasteiger partial charge in [-0.25, -0.2) is 0 Å². The number of nitrogens with one attached hydrogen (secondary N) is 1. The molecule has 0 aliphatic carbocycles. The van der Waals surface area contributed by atoms with Crippen molar-refractivity contribution in [2.24, 2.45) is 0 Å². The van der Waals surface area contributed by atoms with E-state index in [2.05, 4.69) is 10.2 Å². The standard InChI is InChI=1S/C20H33N3O5/c1-21-20(26)13-22(2)11-15-10-18(27-3)4-5-19(15)28-14-17(25)12-23-8-6-16(24)7-9-23/h4-5,10,16-17,24-25H,6-9,11-14H2,1-3H3,(H,21,26). The van der Waals surface area contributed by atoms with Gasteiger partial charge >= 0.3 is 0 Å². The molecule has 0 saturated carbocycles. The van der Waals surface area contributed by atoms with Crippen molar-refractivity contribution in [1.29, 1.82) is 0 Å². The fourth-order valence-corrected chi connectivity index (χ4v) is 3.26. The quantitative estimate of drug-likeness (QED) is 0.516. The van der Waals surface area contributed by atoms with Gasteiger partial charge in [-0.15, -0.1) is 0 Å². The zero-order chi connectivity index (χ0) is 20.5. The molecule has 1 aliphatic heterocycles. The minimum atomic E-state index is -0.617. The molecule has 0 aromatic heterocycles. The SMILES string of the molecule is CNC(=O)CN(C)Cc1cc(OC)ccc1OCC(O)CN1CCC(O)CC1. The first-order chi connectivity index (χ1) is 13.4. The third kappa shape index (κ3) is 7.27. The smallest absolute Gasteiger partial charge is 0.233 e. The van der Waals surface area contributed by atoms with Crippen LogP contribution in [0.5, 0.6) is 11.5 Å². The number of carbonyl (C=O) groups excluding carboxylic acids is 1. The first-order valence-electron chi connectivity index (χ1n) is 9.68. The average molecular weight is 396 g/mol. The predicted molar refractivity (Wildman–Crippen MR) is 107 cm³/mol. The van der Waals surface area contributed by atoms with Crippen LogP contribution in [0.15, 0.2) is 18.2 Å². The molecule has 3 N–H and O–H groups in total. The molecular formula is C20H33N3O5. The molecule has 1 heterocycles. The van der Waals surface area contributed by atoms with E-state index in [0.29, 0.717) is 24.6 Å². The summed E-state index contributed by atoms with van der Waals surface area (Å²) in [4.78, 5) is 15.6. The number of aliphatic hydroxyl groups is 2. The van der Waals surface area contributed by atoms with Gasteiger partial charge in [0.1, 0.15) is 24.2 Å². The van der Waals surface area contributed by atoms with Crippen LogP contribution >= 0.6 is 0 Å². The first-order valence-corrected chi connectivity index (χ1v) is 9.68. The van der Waals surface area contributed by atoms with Crippen molar-refractivity contribution in [3.63, 3.8) is 0 Å². The first kappa shape index (κ1) is 22.4. The molecule has 158 valence electrons. The Morgan fingerprint density at radius 3 is 2.75 bits per heavy atom. The Kier molecular flexibility index (Phi) is 8.98. The van der Waals surface area contributed by atoms with Gasteiger partial charge in [0.25, 0.3) is 0 Å². The molecule has 0 radical (unpaired) electrons. The van der Waals surface area contributed by atoms with E-state index in [4.69, 9.17) is 9.47 Å². The number of aliphatic hydroxyl groups excluding tert-OH is 2. The summed E-state index contributed by atoms with van der Waals surface area (Å²) in [6.45, 7) is 3.07. The molecule has 1 amide bonds. The van der Waals surface area contributed by atoms with Crippen molar-refractivity contribution >= 4 is 5.91 Å². The normalized spacial score (nSPS) is 16.8. The number of amides is 1. The topological polar surface area (TPSA) is 94.5 Å². The van der Waals surface area contributed by atoms with Crippen molar-refractivity contribution in [1.82, 2.24) is 15.1 Å². The number of ether oxygens (including phenoxy) is 2. The zero-order valence-corrected chi connectivity index (χ0v) is 17.1. The van der Waals surface area contributed by atoms with Gasteiger partial charge in [0.15, 0.2) is 0 Å². The third-order valence-corrected chi connectivity index (χ3v) is 4.86. The van der Waals surface area contributed by atoms with Gasteiger partial charge in [0.2, 0.25) is 5.91 Å². The van der Waals surface area contributed by atoms with Crippen LogP contribution in [0.4, 0.5) is 0 Å². The number of likely N-dealkylation sites (N-methyl/N-ethyl adjacent to an activating group) is 2. The average Bonchev–Trinajstić information content (AvgIpc) is 2.68. The second-order valence-corrected chi connectivity index (χ2v) is 7.32. The summed E-state index contributed by atoms with van der Waals surface area (Å²) >= 11 is 0. The summed E-state index contributed by atoms with van der Waals surface area (Å²) in [5, 5.41) is 22.5. The highest BCUT2D eigenvalue weighted by Crippen LogP contribution is 2.25. The van der Waals surface area contributed by atoms with Gasteiger partial charge in [0.05, 0.1) is 19.8 Å². The molecule has 1 fully saturated rings. The van der Waals surface area contributed by atoms with Gasteiger partial charge < -0.3 is 29.9 Å². The summed E-state index contributed by atoms with van der Waals surface area (Å²) in [7, 11) is 5.08. The van der Waals surface area contributed by atoms with Gasteiger partial charge in [-0.3, -0.25) is 9.69 Å². The molecule has 1 unspecified atom stereocenters. The molecule has 8 heteroatoms. The maximum atomic E-state index is 11.6. The fourth-order valence-electron chi connectivity index (χ4n) is 3.26. The number of hydrogen-bond donors (Lipinski definition) is 3. The van der Waals surface area contributed by atoms with Gasteiger partial charge in [0, 0.05) is 38.8 Å². The fraction of sp³-hybridized carbons (Fsp3) is 0.650. The molecule has 2 rings (SSSR count). The van der Waals surface area contributed by atoms with E-state index in [9.17, 15) is 15.0 Å². The lowest BCUT2D eigenvalue weighted by Gasteiger charge is -2.31. The van der Waals surface area contributed by atoms with Crippen molar-refractivity contribution in [3.8, 4) is 11.5 Å². The predicted octanol–water partition coefficient (Wildman–Crippen LogP) is 0.0694. The van der Waals surface area contributed by atoms with E-state index in [1.165, 1.54) is 0 Å². The number of hydrogen-bond acceptors (Lipinski definition) is 7. The zero-order valence-electron chi connectivity index (χ0n) is 17.1. The Labute approximate surface area is 167 Å². The van der Waals surface area contributed by atoms with Crippen LogP contribution in [0.25, 0.3) is 0 Å². The Morgan fingerprint density at radius 2 is 2.11 bits per heavy atom. The van der Waals surface area contributed by atoms with Crippen molar-refractivity contribution in [2.75, 3.05) is 54.0 Å². The van der Waals surface area contributed by atoms with E-state index in [1.54, 1.807) is 14.2 Å². The third-order valence-electron chi connectivity index (χ3n) is 4.86. The van der Waals surface area contributed by atoms with E-state index >= 15 is 0 Å². The Balaban J connectivity index is 1.92. The second-order valence-electron chi connectivity index (χ2n) is 7.32. The Bertz CT molecular complexity index is 620. The monoisotopic (exact) mass is 395 g/mol. The molecule has 0 bridgehead atoms. The van der Waals surface area contributed by atoms with Crippen molar-refractivity contribution < 1.29 is 24.5 Å². The van der Waals surface area contributed by atoms with Crippen LogP contribution in [-0.2, 0) is 11.3 Å².